The average Bonchev–Trinajstić information content (AvgIpc) is 2.46. The molecule has 1 aliphatic heterocycles. The first-order chi connectivity index (χ1) is 8.79. The van der Waals surface area contributed by atoms with E-state index in [0.717, 1.165) is 30.4 Å². The van der Waals surface area contributed by atoms with Crippen LogP contribution in [0.15, 0.2) is 29.2 Å². The number of rotatable bonds is 5. The third kappa shape index (κ3) is 4.11. The van der Waals surface area contributed by atoms with Crippen molar-refractivity contribution in [3.8, 4) is 0 Å². The van der Waals surface area contributed by atoms with Gasteiger partial charge < -0.3 is 4.74 Å². The van der Waals surface area contributed by atoms with E-state index in [-0.39, 0.29) is 5.78 Å². The van der Waals surface area contributed by atoms with E-state index in [9.17, 15) is 4.79 Å². The molecule has 1 fully saturated rings. The zero-order chi connectivity index (χ0) is 12.8. The molecule has 0 amide bonds. The van der Waals surface area contributed by atoms with Gasteiger partial charge >= 0.3 is 0 Å². The molecule has 2 rings (SSSR count). The Bertz CT molecular complexity index is 385. The van der Waals surface area contributed by atoms with Crippen LogP contribution < -0.4 is 0 Å². The number of carbonyl (C=O) groups excluding carboxylic acids is 1. The molecule has 1 aliphatic rings. The summed E-state index contributed by atoms with van der Waals surface area (Å²) in [6.45, 7) is 1.81. The van der Waals surface area contributed by atoms with E-state index in [1.165, 1.54) is 17.7 Å². The fourth-order valence-corrected chi connectivity index (χ4v) is 3.36. The second kappa shape index (κ2) is 7.31. The zero-order valence-corrected chi connectivity index (χ0v) is 12.6. The van der Waals surface area contributed by atoms with E-state index in [2.05, 4.69) is 15.9 Å². The van der Waals surface area contributed by atoms with E-state index in [4.69, 9.17) is 4.74 Å². The largest absolute Gasteiger partial charge is 0.381 e. The molecule has 0 unspecified atom stereocenters. The van der Waals surface area contributed by atoms with Crippen LogP contribution in [0, 0.1) is 5.92 Å². The minimum absolute atomic E-state index is 0.135. The number of thioether (sulfide) groups is 1. The van der Waals surface area contributed by atoms with Crippen LogP contribution in [0.4, 0.5) is 0 Å². The zero-order valence-electron chi connectivity index (χ0n) is 10.2. The monoisotopic (exact) mass is 328 g/mol. The Hall–Kier alpha value is -0.320. The summed E-state index contributed by atoms with van der Waals surface area (Å²) in [7, 11) is 0. The molecule has 2 nitrogen and oxygen atoms in total. The Morgan fingerprint density at radius 2 is 1.94 bits per heavy atom. The van der Waals surface area contributed by atoms with E-state index in [1.54, 1.807) is 0 Å². The van der Waals surface area contributed by atoms with Gasteiger partial charge in [0.05, 0.1) is 5.33 Å². The van der Waals surface area contributed by atoms with Gasteiger partial charge in [0, 0.05) is 29.4 Å². The number of halogens is 1. The fraction of sp³-hybridized carbons (Fsp3) is 0.500. The highest BCUT2D eigenvalue weighted by Gasteiger charge is 2.13. The third-order valence-corrected chi connectivity index (χ3v) is 4.88. The van der Waals surface area contributed by atoms with Gasteiger partial charge in [0.25, 0.3) is 0 Å². The maximum Gasteiger partial charge on any atom is 0.173 e. The Kier molecular flexibility index (Phi) is 5.73. The summed E-state index contributed by atoms with van der Waals surface area (Å²) in [5, 5.41) is 0.390. The topological polar surface area (TPSA) is 26.3 Å². The summed E-state index contributed by atoms with van der Waals surface area (Å²) in [4.78, 5) is 12.7. The maximum absolute atomic E-state index is 11.5. The Morgan fingerprint density at radius 3 is 2.56 bits per heavy atom. The molecular formula is C14H17BrO2S. The molecule has 0 saturated carbocycles. The van der Waals surface area contributed by atoms with Crippen molar-refractivity contribution in [3.05, 3.63) is 29.8 Å². The van der Waals surface area contributed by atoms with Crippen LogP contribution in [-0.2, 0) is 4.74 Å². The molecule has 0 bridgehead atoms. The van der Waals surface area contributed by atoms with Crippen molar-refractivity contribution < 1.29 is 9.53 Å². The normalized spacial score (nSPS) is 16.7. The Balaban J connectivity index is 1.84. The van der Waals surface area contributed by atoms with E-state index >= 15 is 0 Å². The lowest BCUT2D eigenvalue weighted by Gasteiger charge is -2.21. The van der Waals surface area contributed by atoms with Crippen molar-refractivity contribution in [2.45, 2.75) is 17.7 Å². The first-order valence-electron chi connectivity index (χ1n) is 6.19. The molecule has 0 radical (unpaired) electrons. The van der Waals surface area contributed by atoms with Crippen LogP contribution in [0.5, 0.6) is 0 Å². The van der Waals surface area contributed by atoms with Crippen molar-refractivity contribution in [2.24, 2.45) is 5.92 Å². The lowest BCUT2D eigenvalue weighted by Crippen LogP contribution is -2.17. The van der Waals surface area contributed by atoms with Gasteiger partial charge in [-0.1, -0.05) is 28.1 Å². The van der Waals surface area contributed by atoms with Gasteiger partial charge in [-0.15, -0.1) is 11.8 Å². The summed E-state index contributed by atoms with van der Waals surface area (Å²) in [5.74, 6) is 2.05. The number of hydrogen-bond donors (Lipinski definition) is 0. The summed E-state index contributed by atoms with van der Waals surface area (Å²) < 4.78 is 5.35. The summed E-state index contributed by atoms with van der Waals surface area (Å²) in [6, 6.07) is 7.91. The quantitative estimate of drug-likeness (QED) is 0.467. The highest BCUT2D eigenvalue weighted by atomic mass is 79.9. The minimum atomic E-state index is 0.135. The highest BCUT2D eigenvalue weighted by molar-refractivity contribution is 9.09. The number of benzene rings is 1. The Morgan fingerprint density at radius 1 is 1.28 bits per heavy atom. The van der Waals surface area contributed by atoms with Crippen LogP contribution >= 0.6 is 27.7 Å². The predicted octanol–water partition coefficient (Wildman–Crippen LogP) is 3.78. The van der Waals surface area contributed by atoms with Crippen molar-refractivity contribution in [2.75, 3.05) is 24.3 Å². The van der Waals surface area contributed by atoms with Gasteiger partial charge in [-0.3, -0.25) is 4.79 Å². The molecule has 18 heavy (non-hydrogen) atoms. The number of alkyl halides is 1. The van der Waals surface area contributed by atoms with Crippen molar-refractivity contribution in [1.82, 2.24) is 0 Å². The number of ether oxygens (including phenoxy) is 1. The second-order valence-electron chi connectivity index (χ2n) is 4.45. The van der Waals surface area contributed by atoms with Gasteiger partial charge in [0.2, 0.25) is 0 Å². The SMILES string of the molecule is O=C(CBr)c1ccc(SCC2CCOCC2)cc1. The number of ketones is 1. The van der Waals surface area contributed by atoms with Crippen LogP contribution in [-0.4, -0.2) is 30.1 Å². The number of carbonyl (C=O) groups is 1. The third-order valence-electron chi connectivity index (χ3n) is 3.12. The van der Waals surface area contributed by atoms with Gasteiger partial charge in [0.15, 0.2) is 5.78 Å². The lowest BCUT2D eigenvalue weighted by molar-refractivity contribution is 0.0728. The molecule has 0 N–H and O–H groups in total. The van der Waals surface area contributed by atoms with Crippen molar-refractivity contribution in [1.29, 1.82) is 0 Å². The molecule has 98 valence electrons. The molecule has 1 aromatic carbocycles. The standard InChI is InChI=1S/C14H17BrO2S/c15-9-14(16)12-1-3-13(4-2-12)18-10-11-5-7-17-8-6-11/h1-4,11H,5-10H2. The molecule has 0 atom stereocenters. The lowest BCUT2D eigenvalue weighted by atomic mass is 10.0. The molecule has 0 spiro atoms. The molecule has 0 aromatic heterocycles. The van der Waals surface area contributed by atoms with Crippen LogP contribution in [0.3, 0.4) is 0 Å². The number of hydrogen-bond acceptors (Lipinski definition) is 3. The van der Waals surface area contributed by atoms with Gasteiger partial charge in [-0.2, -0.15) is 0 Å². The first kappa shape index (κ1) is 14.1. The van der Waals surface area contributed by atoms with Crippen LogP contribution in [0.1, 0.15) is 23.2 Å². The number of Topliss-reactive ketones (excluding diaryl/α,β-unsaturated/α-hetero) is 1. The van der Waals surface area contributed by atoms with Crippen molar-refractivity contribution >= 4 is 33.5 Å². The molecule has 1 heterocycles. The molecule has 0 aliphatic carbocycles. The summed E-state index contributed by atoms with van der Waals surface area (Å²) in [6.07, 6.45) is 2.35. The first-order valence-corrected chi connectivity index (χ1v) is 8.30. The van der Waals surface area contributed by atoms with Crippen LogP contribution in [0.2, 0.25) is 0 Å². The molecule has 4 heteroatoms. The summed E-state index contributed by atoms with van der Waals surface area (Å²) >= 11 is 5.06. The van der Waals surface area contributed by atoms with E-state index < -0.39 is 0 Å². The summed E-state index contributed by atoms with van der Waals surface area (Å²) in [5.41, 5.74) is 0.780. The maximum atomic E-state index is 11.5. The van der Waals surface area contributed by atoms with E-state index in [0.29, 0.717) is 5.33 Å². The van der Waals surface area contributed by atoms with Crippen LogP contribution in [0.25, 0.3) is 0 Å². The fourth-order valence-electron chi connectivity index (χ4n) is 1.94. The van der Waals surface area contributed by atoms with Gasteiger partial charge in [-0.25, -0.2) is 0 Å². The average molecular weight is 329 g/mol. The molecular weight excluding hydrogens is 312 g/mol. The van der Waals surface area contributed by atoms with Gasteiger partial charge in [-0.05, 0) is 30.9 Å². The second-order valence-corrected chi connectivity index (χ2v) is 6.10. The highest BCUT2D eigenvalue weighted by Crippen LogP contribution is 2.26. The predicted molar refractivity (Wildman–Crippen MR) is 78.8 cm³/mol. The molecule has 1 saturated heterocycles. The minimum Gasteiger partial charge on any atom is -0.381 e. The molecule has 1 aromatic rings. The smallest absolute Gasteiger partial charge is 0.173 e. The van der Waals surface area contributed by atoms with E-state index in [1.807, 2.05) is 36.0 Å². The Labute approximate surface area is 121 Å². The van der Waals surface area contributed by atoms with Crippen molar-refractivity contribution in [3.63, 3.8) is 0 Å². The van der Waals surface area contributed by atoms with Gasteiger partial charge in [0.1, 0.15) is 0 Å².